The van der Waals surface area contributed by atoms with E-state index in [1.165, 1.54) is 119 Å². The largest absolute Gasteiger partial charge is 0.309 e. The van der Waals surface area contributed by atoms with Crippen molar-refractivity contribution in [2.75, 3.05) is 0 Å². The van der Waals surface area contributed by atoms with Gasteiger partial charge in [-0.2, -0.15) is 0 Å². The molecule has 58 heavy (non-hydrogen) atoms. The number of nitrogens with zero attached hydrogens (tertiary/aromatic N) is 2. The van der Waals surface area contributed by atoms with Crippen LogP contribution in [0.3, 0.4) is 0 Å². The topological polar surface area (TPSA) is 9.86 Å². The van der Waals surface area contributed by atoms with Gasteiger partial charge in [0.2, 0.25) is 0 Å². The van der Waals surface area contributed by atoms with Crippen LogP contribution in [0.25, 0.3) is 131 Å². The van der Waals surface area contributed by atoms with Gasteiger partial charge >= 0.3 is 0 Å². The van der Waals surface area contributed by atoms with Crippen LogP contribution < -0.4 is 0 Å². The van der Waals surface area contributed by atoms with Gasteiger partial charge < -0.3 is 9.13 Å². The number of fused-ring (bicyclic) bond motifs is 8. The van der Waals surface area contributed by atoms with Crippen molar-refractivity contribution < 1.29 is 0 Å². The minimum Gasteiger partial charge on any atom is -0.309 e. The van der Waals surface area contributed by atoms with Gasteiger partial charge in [-0.3, -0.25) is 0 Å². The molecule has 0 N–H and O–H groups in total. The lowest BCUT2D eigenvalue weighted by atomic mass is 9.91. The highest BCUT2D eigenvalue weighted by molar-refractivity contribution is 6.34. The van der Waals surface area contributed by atoms with Crippen LogP contribution in [0, 0.1) is 0 Å². The minimum atomic E-state index is 1.16. The summed E-state index contributed by atoms with van der Waals surface area (Å²) in [6, 6.07) is 72.6. The lowest BCUT2D eigenvalue weighted by molar-refractivity contribution is 1.18. The molecule has 266 valence electrons. The zero-order valence-corrected chi connectivity index (χ0v) is 31.4. The molecule has 0 aliphatic carbocycles. The van der Waals surface area contributed by atoms with Gasteiger partial charge in [0, 0.05) is 32.9 Å². The average molecular weight is 733 g/mol. The van der Waals surface area contributed by atoms with E-state index in [1.54, 1.807) is 0 Å². The SMILES string of the molecule is c1ccc(-n2c3cc(-c4ccc5c6c7ccc8cccc9ccc(cc6n(-c6ccccc6)c5c4)c7c98)ccc3c3c4ccc5cccc6ccc(cc32)c4c65)cc1. The first kappa shape index (κ1) is 30.5. The summed E-state index contributed by atoms with van der Waals surface area (Å²) >= 11 is 0. The van der Waals surface area contributed by atoms with Crippen molar-refractivity contribution in [3.8, 4) is 22.5 Å². The molecule has 2 aromatic heterocycles. The average Bonchev–Trinajstić information content (AvgIpc) is 3.79. The van der Waals surface area contributed by atoms with Crippen molar-refractivity contribution in [2.24, 2.45) is 0 Å². The Balaban J connectivity index is 1.07. The van der Waals surface area contributed by atoms with Crippen molar-refractivity contribution >= 4 is 108 Å². The van der Waals surface area contributed by atoms with E-state index >= 15 is 0 Å². The molecule has 0 unspecified atom stereocenters. The molecular weight excluding hydrogens is 701 g/mol. The molecule has 0 aliphatic heterocycles. The van der Waals surface area contributed by atoms with Crippen LogP contribution >= 0.6 is 0 Å². The first-order valence-corrected chi connectivity index (χ1v) is 20.2. The van der Waals surface area contributed by atoms with Crippen LogP contribution in [0.4, 0.5) is 0 Å². The van der Waals surface area contributed by atoms with E-state index in [2.05, 4.69) is 203 Å². The monoisotopic (exact) mass is 732 g/mol. The van der Waals surface area contributed by atoms with Crippen LogP contribution in [0.15, 0.2) is 194 Å². The van der Waals surface area contributed by atoms with Crippen LogP contribution in [0.5, 0.6) is 0 Å². The summed E-state index contributed by atoms with van der Waals surface area (Å²) in [5.74, 6) is 0. The van der Waals surface area contributed by atoms with Gasteiger partial charge in [-0.1, -0.05) is 146 Å². The molecule has 0 bridgehead atoms. The van der Waals surface area contributed by atoms with E-state index in [0.29, 0.717) is 0 Å². The number of para-hydroxylation sites is 2. The maximum Gasteiger partial charge on any atom is 0.0553 e. The number of hydrogen-bond acceptors (Lipinski definition) is 0. The zero-order chi connectivity index (χ0) is 37.6. The summed E-state index contributed by atoms with van der Waals surface area (Å²) in [6.07, 6.45) is 0. The fourth-order valence-electron chi connectivity index (χ4n) is 10.7. The van der Waals surface area contributed by atoms with Gasteiger partial charge in [0.05, 0.1) is 22.1 Å². The molecule has 14 aromatic rings. The molecule has 0 saturated carbocycles. The molecule has 0 amide bonds. The smallest absolute Gasteiger partial charge is 0.0553 e. The van der Waals surface area contributed by atoms with Gasteiger partial charge in [0.25, 0.3) is 0 Å². The predicted octanol–water partition coefficient (Wildman–Crippen LogP) is 15.3. The molecule has 2 heteroatoms. The number of benzene rings is 12. The molecule has 14 rings (SSSR count). The van der Waals surface area contributed by atoms with Crippen molar-refractivity contribution in [2.45, 2.75) is 0 Å². The molecule has 0 aliphatic rings. The molecule has 2 heterocycles. The van der Waals surface area contributed by atoms with Gasteiger partial charge in [0.15, 0.2) is 0 Å². The third-order valence-electron chi connectivity index (χ3n) is 13.1. The molecule has 0 atom stereocenters. The fraction of sp³-hybridized carbons (Fsp3) is 0. The van der Waals surface area contributed by atoms with Gasteiger partial charge in [0.1, 0.15) is 0 Å². The van der Waals surface area contributed by atoms with E-state index in [-0.39, 0.29) is 0 Å². The predicted molar refractivity (Wildman–Crippen MR) is 248 cm³/mol. The molecule has 0 saturated heterocycles. The Labute approximate surface area is 332 Å². The molecule has 0 radical (unpaired) electrons. The van der Waals surface area contributed by atoms with Crippen LogP contribution in [-0.2, 0) is 0 Å². The Morgan fingerprint density at radius 3 is 1.03 bits per heavy atom. The molecule has 12 aromatic carbocycles. The maximum atomic E-state index is 2.48. The highest BCUT2D eigenvalue weighted by Gasteiger charge is 2.22. The number of rotatable bonds is 3. The molecular formula is C56H32N2. The fourth-order valence-corrected chi connectivity index (χ4v) is 10.7. The summed E-state index contributed by atoms with van der Waals surface area (Å²) in [4.78, 5) is 0. The maximum absolute atomic E-state index is 2.48. The Hall–Kier alpha value is -7.68. The van der Waals surface area contributed by atoms with Gasteiger partial charge in [-0.15, -0.1) is 0 Å². The Kier molecular flexibility index (Phi) is 5.79. The van der Waals surface area contributed by atoms with Crippen molar-refractivity contribution in [1.82, 2.24) is 9.13 Å². The summed E-state index contributed by atoms with van der Waals surface area (Å²) in [5, 5.41) is 20.9. The molecule has 0 spiro atoms. The quantitative estimate of drug-likeness (QED) is 0.160. The van der Waals surface area contributed by atoms with Gasteiger partial charge in [-0.25, -0.2) is 0 Å². The van der Waals surface area contributed by atoms with E-state index in [0.717, 1.165) is 11.4 Å². The number of aromatic nitrogens is 2. The first-order chi connectivity index (χ1) is 28.8. The summed E-state index contributed by atoms with van der Waals surface area (Å²) < 4.78 is 4.95. The molecule has 2 nitrogen and oxygen atoms in total. The van der Waals surface area contributed by atoms with Crippen molar-refractivity contribution in [3.05, 3.63) is 194 Å². The van der Waals surface area contributed by atoms with Crippen molar-refractivity contribution in [3.63, 3.8) is 0 Å². The highest BCUT2D eigenvalue weighted by atomic mass is 15.0. The van der Waals surface area contributed by atoms with E-state index in [4.69, 9.17) is 0 Å². The third-order valence-corrected chi connectivity index (χ3v) is 13.1. The normalized spacial score (nSPS) is 12.5. The van der Waals surface area contributed by atoms with Crippen LogP contribution in [-0.4, -0.2) is 9.13 Å². The highest BCUT2D eigenvalue weighted by Crippen LogP contribution is 2.46. The zero-order valence-electron chi connectivity index (χ0n) is 31.4. The second-order valence-electron chi connectivity index (χ2n) is 16.1. The van der Waals surface area contributed by atoms with Crippen LogP contribution in [0.2, 0.25) is 0 Å². The standard InChI is InChI=1S/C56H32N2/c1-3-13-41(14-4-1)57-47-29-37(23-25-43(47)55-45-27-21-35-11-7-9-33-17-19-39(31-49(55)57)53(45)51(33)35)38-24-26-44-48(30-38)58(42-15-5-2-6-16-42)50-32-40-20-18-34-10-8-12-36-22-28-46(56(44)50)54(40)52(34)36/h1-32H. The van der Waals surface area contributed by atoms with Gasteiger partial charge in [-0.05, 0) is 124 Å². The van der Waals surface area contributed by atoms with E-state index in [1.807, 2.05) is 0 Å². The van der Waals surface area contributed by atoms with E-state index < -0.39 is 0 Å². The minimum absolute atomic E-state index is 1.16. The summed E-state index contributed by atoms with van der Waals surface area (Å²) in [5.41, 5.74) is 9.60. The molecule has 0 fully saturated rings. The summed E-state index contributed by atoms with van der Waals surface area (Å²) in [6.45, 7) is 0. The second kappa shape index (κ2) is 11.0. The van der Waals surface area contributed by atoms with Crippen molar-refractivity contribution in [1.29, 1.82) is 0 Å². The number of hydrogen-bond donors (Lipinski definition) is 0. The lowest BCUT2D eigenvalue weighted by Gasteiger charge is -2.13. The third kappa shape index (κ3) is 3.91. The Morgan fingerprint density at radius 1 is 0.224 bits per heavy atom. The van der Waals surface area contributed by atoms with Crippen LogP contribution in [0.1, 0.15) is 0 Å². The Morgan fingerprint density at radius 2 is 0.603 bits per heavy atom. The second-order valence-corrected chi connectivity index (χ2v) is 16.1. The first-order valence-electron chi connectivity index (χ1n) is 20.2. The van der Waals surface area contributed by atoms with E-state index in [9.17, 15) is 0 Å². The Bertz CT molecular complexity index is 3700. The lowest BCUT2D eigenvalue weighted by Crippen LogP contribution is -1.94. The summed E-state index contributed by atoms with van der Waals surface area (Å²) in [7, 11) is 0.